The van der Waals surface area contributed by atoms with E-state index in [9.17, 15) is 27.6 Å². The second-order valence-electron chi connectivity index (χ2n) is 8.85. The molecule has 4 N–H and O–H groups in total. The van der Waals surface area contributed by atoms with Crippen molar-refractivity contribution in [2.75, 3.05) is 17.6 Å². The number of nitrogens with one attached hydrogen (secondary N) is 3. The normalized spacial score (nSPS) is 17.7. The SMILES string of the molecule is O=C(O)Nc1ccc(C(F)(F)F)cc1C(=O)NCC(=O)N[C@H]1CCCC[C@H]1CSc1nc2ccccc2s1. The summed E-state index contributed by atoms with van der Waals surface area (Å²) >= 11 is 3.27. The number of alkyl halides is 3. The van der Waals surface area contributed by atoms with Crippen LogP contribution in [0.5, 0.6) is 0 Å². The molecule has 3 amide bonds. The minimum absolute atomic E-state index is 0.104. The summed E-state index contributed by atoms with van der Waals surface area (Å²) in [4.78, 5) is 40.9. The van der Waals surface area contributed by atoms with E-state index in [0.29, 0.717) is 12.1 Å². The Labute approximate surface area is 224 Å². The summed E-state index contributed by atoms with van der Waals surface area (Å²) in [6, 6.07) is 9.88. The lowest BCUT2D eigenvalue weighted by atomic mass is 9.86. The number of benzene rings is 2. The number of amides is 3. The fourth-order valence-corrected chi connectivity index (χ4v) is 6.66. The molecule has 3 aromatic rings. The van der Waals surface area contributed by atoms with Crippen molar-refractivity contribution in [3.8, 4) is 0 Å². The van der Waals surface area contributed by atoms with Crippen molar-refractivity contribution in [1.82, 2.24) is 15.6 Å². The van der Waals surface area contributed by atoms with Crippen molar-refractivity contribution >= 4 is 56.9 Å². The molecule has 2 aromatic carbocycles. The van der Waals surface area contributed by atoms with Crippen LogP contribution in [0.15, 0.2) is 46.8 Å². The molecule has 0 spiro atoms. The van der Waals surface area contributed by atoms with Gasteiger partial charge in [-0.25, -0.2) is 9.78 Å². The first-order chi connectivity index (χ1) is 18.1. The van der Waals surface area contributed by atoms with Crippen LogP contribution in [-0.4, -0.2) is 46.3 Å². The maximum atomic E-state index is 13.1. The molecule has 0 aliphatic heterocycles. The van der Waals surface area contributed by atoms with Gasteiger partial charge in [0.05, 0.1) is 33.6 Å². The number of halogens is 3. The van der Waals surface area contributed by atoms with Crippen molar-refractivity contribution in [1.29, 1.82) is 0 Å². The van der Waals surface area contributed by atoms with Crippen LogP contribution in [0.4, 0.5) is 23.7 Å². The molecule has 0 radical (unpaired) electrons. The number of thioether (sulfide) groups is 1. The van der Waals surface area contributed by atoms with E-state index < -0.39 is 41.8 Å². The Morgan fingerprint density at radius 3 is 2.61 bits per heavy atom. The van der Waals surface area contributed by atoms with Gasteiger partial charge in [-0.3, -0.25) is 14.9 Å². The van der Waals surface area contributed by atoms with Crippen LogP contribution in [0.25, 0.3) is 10.2 Å². The lowest BCUT2D eigenvalue weighted by Gasteiger charge is -2.32. The molecule has 2 atom stereocenters. The van der Waals surface area contributed by atoms with Gasteiger partial charge < -0.3 is 15.7 Å². The summed E-state index contributed by atoms with van der Waals surface area (Å²) in [5.41, 5.74) is -1.01. The van der Waals surface area contributed by atoms with Gasteiger partial charge in [0, 0.05) is 11.8 Å². The Hall–Kier alpha value is -3.32. The molecule has 0 saturated heterocycles. The number of carboxylic acid groups (broad SMARTS) is 1. The summed E-state index contributed by atoms with van der Waals surface area (Å²) in [6.45, 7) is -0.462. The van der Waals surface area contributed by atoms with E-state index in [-0.39, 0.29) is 17.6 Å². The predicted molar refractivity (Wildman–Crippen MR) is 140 cm³/mol. The molecule has 13 heteroatoms. The Morgan fingerprint density at radius 1 is 1.11 bits per heavy atom. The number of aromatic nitrogens is 1. The minimum atomic E-state index is -4.73. The van der Waals surface area contributed by atoms with Gasteiger partial charge in [-0.1, -0.05) is 36.7 Å². The highest BCUT2D eigenvalue weighted by molar-refractivity contribution is 8.01. The Kier molecular flexibility index (Phi) is 8.77. The summed E-state index contributed by atoms with van der Waals surface area (Å²) in [7, 11) is 0. The quantitative estimate of drug-likeness (QED) is 0.264. The molecule has 4 rings (SSSR count). The second kappa shape index (κ2) is 12.0. The molecule has 38 heavy (non-hydrogen) atoms. The van der Waals surface area contributed by atoms with Crippen molar-refractivity contribution in [3.05, 3.63) is 53.6 Å². The maximum absolute atomic E-state index is 13.1. The van der Waals surface area contributed by atoms with Crippen LogP contribution in [0.1, 0.15) is 41.6 Å². The third kappa shape index (κ3) is 7.16. The molecular weight excluding hydrogens is 541 g/mol. The summed E-state index contributed by atoms with van der Waals surface area (Å²) in [6.07, 6.45) is -2.55. The summed E-state index contributed by atoms with van der Waals surface area (Å²) in [5.74, 6) is -0.497. The molecule has 8 nitrogen and oxygen atoms in total. The number of fused-ring (bicyclic) bond motifs is 1. The van der Waals surface area contributed by atoms with Gasteiger partial charge >= 0.3 is 12.3 Å². The largest absolute Gasteiger partial charge is 0.465 e. The molecule has 1 saturated carbocycles. The van der Waals surface area contributed by atoms with Crippen LogP contribution < -0.4 is 16.0 Å². The number of carbonyl (C=O) groups excluding carboxylic acids is 2. The molecule has 0 bridgehead atoms. The van der Waals surface area contributed by atoms with E-state index in [0.717, 1.165) is 52.1 Å². The summed E-state index contributed by atoms with van der Waals surface area (Å²) in [5, 5.41) is 16.1. The Bertz CT molecular complexity index is 1300. The van der Waals surface area contributed by atoms with Gasteiger partial charge in [0.15, 0.2) is 4.34 Å². The first-order valence-electron chi connectivity index (χ1n) is 11.9. The average Bonchev–Trinajstić information content (AvgIpc) is 3.29. The zero-order valence-electron chi connectivity index (χ0n) is 20.0. The van der Waals surface area contributed by atoms with E-state index in [4.69, 9.17) is 5.11 Å². The number of anilines is 1. The third-order valence-corrected chi connectivity index (χ3v) is 8.56. The van der Waals surface area contributed by atoms with E-state index in [1.54, 1.807) is 23.1 Å². The van der Waals surface area contributed by atoms with Crippen LogP contribution in [0.2, 0.25) is 0 Å². The minimum Gasteiger partial charge on any atom is -0.465 e. The maximum Gasteiger partial charge on any atom is 0.416 e. The number of hydrogen-bond acceptors (Lipinski definition) is 6. The van der Waals surface area contributed by atoms with Crippen LogP contribution in [0, 0.1) is 5.92 Å². The lowest BCUT2D eigenvalue weighted by molar-refractivity contribution is -0.137. The van der Waals surface area contributed by atoms with Crippen molar-refractivity contribution in [2.45, 2.75) is 42.2 Å². The zero-order chi connectivity index (χ0) is 27.3. The predicted octanol–water partition coefficient (Wildman–Crippen LogP) is 5.60. The number of thiazole rings is 1. The summed E-state index contributed by atoms with van der Waals surface area (Å²) < 4.78 is 41.4. The first kappa shape index (κ1) is 27.7. The second-order valence-corrected chi connectivity index (χ2v) is 11.1. The highest BCUT2D eigenvalue weighted by Crippen LogP contribution is 2.34. The zero-order valence-corrected chi connectivity index (χ0v) is 21.6. The Morgan fingerprint density at radius 2 is 1.87 bits per heavy atom. The average molecular weight is 567 g/mol. The highest BCUT2D eigenvalue weighted by Gasteiger charge is 2.32. The molecule has 1 aromatic heterocycles. The highest BCUT2D eigenvalue weighted by atomic mass is 32.2. The number of para-hydroxylation sites is 1. The van der Waals surface area contributed by atoms with Crippen molar-refractivity contribution in [3.63, 3.8) is 0 Å². The van der Waals surface area contributed by atoms with Gasteiger partial charge in [0.2, 0.25) is 5.91 Å². The van der Waals surface area contributed by atoms with Gasteiger partial charge in [0.25, 0.3) is 5.91 Å². The molecule has 1 heterocycles. The standard InChI is InChI=1S/C25H25F3N4O4S2/c26-25(27,28)15-9-10-18(31-23(35)36)16(11-15)22(34)29-12-21(33)30-17-6-2-1-5-14(17)13-37-24-32-19-7-3-4-8-20(19)38-24/h3-4,7-11,14,17,31H,1-2,5-6,12-13H2,(H,29,34)(H,30,33)(H,35,36)/t14-,17-/m0/s1. The molecule has 202 valence electrons. The Balaban J connectivity index is 1.35. The van der Waals surface area contributed by atoms with E-state index in [1.165, 1.54) is 0 Å². The van der Waals surface area contributed by atoms with Gasteiger partial charge in [-0.05, 0) is 49.1 Å². The first-order valence-corrected chi connectivity index (χ1v) is 13.7. The van der Waals surface area contributed by atoms with Gasteiger partial charge in [-0.15, -0.1) is 11.3 Å². The van der Waals surface area contributed by atoms with E-state index in [2.05, 4.69) is 15.6 Å². The van der Waals surface area contributed by atoms with Crippen molar-refractivity contribution in [2.24, 2.45) is 5.92 Å². The van der Waals surface area contributed by atoms with Gasteiger partial charge in [-0.2, -0.15) is 13.2 Å². The topological polar surface area (TPSA) is 120 Å². The number of hydrogen-bond donors (Lipinski definition) is 4. The number of rotatable bonds is 8. The fourth-order valence-electron chi connectivity index (χ4n) is 4.33. The van der Waals surface area contributed by atoms with Gasteiger partial charge in [0.1, 0.15) is 0 Å². The third-order valence-electron chi connectivity index (χ3n) is 6.19. The molecule has 1 fully saturated rings. The molecule has 0 unspecified atom stereocenters. The van der Waals surface area contributed by atoms with Crippen LogP contribution in [0.3, 0.4) is 0 Å². The molecule has 1 aliphatic carbocycles. The van der Waals surface area contributed by atoms with E-state index >= 15 is 0 Å². The lowest BCUT2D eigenvalue weighted by Crippen LogP contribution is -2.47. The number of carbonyl (C=O) groups is 3. The van der Waals surface area contributed by atoms with E-state index in [1.807, 2.05) is 29.6 Å². The monoisotopic (exact) mass is 566 g/mol. The fraction of sp³-hybridized carbons (Fsp3) is 0.360. The smallest absolute Gasteiger partial charge is 0.416 e. The molecule has 1 aliphatic rings. The van der Waals surface area contributed by atoms with Crippen LogP contribution in [-0.2, 0) is 11.0 Å². The number of nitrogens with zero attached hydrogens (tertiary/aromatic N) is 1. The molecular formula is C25H25F3N4O4S2. The van der Waals surface area contributed by atoms with Crippen LogP contribution >= 0.6 is 23.1 Å². The van der Waals surface area contributed by atoms with Crippen molar-refractivity contribution < 1.29 is 32.7 Å².